The molecular formula is C17H15BrClN3O3S. The van der Waals surface area contributed by atoms with Gasteiger partial charge in [-0.05, 0) is 61.1 Å². The molecule has 2 amide bonds. The molecule has 0 aromatic heterocycles. The van der Waals surface area contributed by atoms with Gasteiger partial charge in [-0.2, -0.15) is 0 Å². The lowest BCUT2D eigenvalue weighted by molar-refractivity contribution is -0.123. The van der Waals surface area contributed by atoms with Crippen molar-refractivity contribution < 1.29 is 14.3 Å². The molecule has 0 unspecified atom stereocenters. The fraction of sp³-hybridized carbons (Fsp3) is 0.118. The van der Waals surface area contributed by atoms with E-state index in [0.29, 0.717) is 16.3 Å². The molecule has 0 aliphatic carbocycles. The van der Waals surface area contributed by atoms with Crippen molar-refractivity contribution in [2.45, 2.75) is 6.92 Å². The first kappa shape index (κ1) is 20.2. The minimum absolute atomic E-state index is 0.0526. The first-order valence-corrected chi connectivity index (χ1v) is 8.98. The lowest BCUT2D eigenvalue weighted by Gasteiger charge is -2.12. The molecule has 0 bridgehead atoms. The average molecular weight is 457 g/mol. The SMILES string of the molecule is Cc1cc(Br)ccc1OCC(=O)NNC(=S)NC(=O)c1cccc(Cl)c1. The van der Waals surface area contributed by atoms with E-state index in [9.17, 15) is 9.59 Å². The van der Waals surface area contributed by atoms with Gasteiger partial charge in [0.15, 0.2) is 11.7 Å². The normalized spacial score (nSPS) is 9.96. The highest BCUT2D eigenvalue weighted by atomic mass is 79.9. The molecule has 26 heavy (non-hydrogen) atoms. The number of aryl methyl sites for hydroxylation is 1. The molecule has 136 valence electrons. The predicted molar refractivity (Wildman–Crippen MR) is 107 cm³/mol. The van der Waals surface area contributed by atoms with Gasteiger partial charge in [-0.15, -0.1) is 0 Å². The van der Waals surface area contributed by atoms with Crippen molar-refractivity contribution in [2.24, 2.45) is 0 Å². The second-order valence-electron chi connectivity index (χ2n) is 5.17. The Bertz CT molecular complexity index is 848. The first-order valence-electron chi connectivity index (χ1n) is 7.40. The van der Waals surface area contributed by atoms with Gasteiger partial charge < -0.3 is 4.74 Å². The number of hydrazine groups is 1. The Kier molecular flexibility index (Phi) is 7.38. The van der Waals surface area contributed by atoms with E-state index in [4.69, 9.17) is 28.6 Å². The van der Waals surface area contributed by atoms with Crippen molar-refractivity contribution in [1.29, 1.82) is 0 Å². The molecule has 2 rings (SSSR count). The lowest BCUT2D eigenvalue weighted by Crippen LogP contribution is -2.49. The van der Waals surface area contributed by atoms with Crippen LogP contribution in [0.2, 0.25) is 5.02 Å². The molecule has 0 aliphatic heterocycles. The van der Waals surface area contributed by atoms with Crippen LogP contribution in [0.3, 0.4) is 0 Å². The van der Waals surface area contributed by atoms with Gasteiger partial charge in [-0.25, -0.2) is 0 Å². The molecule has 0 spiro atoms. The number of carbonyl (C=O) groups is 2. The second kappa shape index (κ2) is 9.51. The molecule has 2 aromatic carbocycles. The van der Waals surface area contributed by atoms with Gasteiger partial charge in [0.2, 0.25) is 0 Å². The van der Waals surface area contributed by atoms with E-state index in [1.165, 1.54) is 6.07 Å². The average Bonchev–Trinajstić information content (AvgIpc) is 2.59. The number of nitrogens with one attached hydrogen (secondary N) is 3. The first-order chi connectivity index (χ1) is 12.3. The lowest BCUT2D eigenvalue weighted by atomic mass is 10.2. The largest absolute Gasteiger partial charge is 0.483 e. The van der Waals surface area contributed by atoms with Crippen LogP contribution in [0, 0.1) is 6.92 Å². The monoisotopic (exact) mass is 455 g/mol. The molecular weight excluding hydrogens is 442 g/mol. The van der Waals surface area contributed by atoms with Crippen molar-refractivity contribution >= 4 is 56.7 Å². The molecule has 0 atom stereocenters. The summed E-state index contributed by atoms with van der Waals surface area (Å²) in [5.74, 6) is -0.298. The molecule has 0 saturated carbocycles. The molecule has 0 aliphatic rings. The molecule has 6 nitrogen and oxygen atoms in total. The summed E-state index contributed by atoms with van der Waals surface area (Å²) in [4.78, 5) is 23.8. The van der Waals surface area contributed by atoms with Gasteiger partial charge in [0.25, 0.3) is 11.8 Å². The van der Waals surface area contributed by atoms with Crippen LogP contribution in [0.1, 0.15) is 15.9 Å². The minimum atomic E-state index is -0.452. The Morgan fingerprint density at radius 3 is 2.65 bits per heavy atom. The van der Waals surface area contributed by atoms with Crippen molar-refractivity contribution in [3.05, 3.63) is 63.1 Å². The minimum Gasteiger partial charge on any atom is -0.483 e. The van der Waals surface area contributed by atoms with Gasteiger partial charge in [0, 0.05) is 15.1 Å². The number of halogens is 2. The van der Waals surface area contributed by atoms with Gasteiger partial charge in [0.05, 0.1) is 0 Å². The molecule has 0 saturated heterocycles. The zero-order valence-electron chi connectivity index (χ0n) is 13.6. The van der Waals surface area contributed by atoms with E-state index in [1.807, 2.05) is 19.1 Å². The summed E-state index contributed by atoms with van der Waals surface area (Å²) in [5.41, 5.74) is 6.03. The standard InChI is InChI=1S/C17H15BrClN3O3S/c1-10-7-12(18)5-6-14(10)25-9-15(23)21-22-17(26)20-16(24)11-3-2-4-13(19)8-11/h2-8H,9H2,1H3,(H,21,23)(H2,20,22,24,26). The Balaban J connectivity index is 1.76. The van der Waals surface area contributed by atoms with Crippen molar-refractivity contribution in [3.8, 4) is 5.75 Å². The maximum absolute atomic E-state index is 12.0. The van der Waals surface area contributed by atoms with Crippen molar-refractivity contribution in [2.75, 3.05) is 6.61 Å². The number of hydrogen-bond donors (Lipinski definition) is 3. The summed E-state index contributed by atoms with van der Waals surface area (Å²) in [6.45, 7) is 1.66. The maximum atomic E-state index is 12.0. The van der Waals surface area contributed by atoms with E-state index < -0.39 is 11.8 Å². The fourth-order valence-corrected chi connectivity index (χ4v) is 2.73. The van der Waals surface area contributed by atoms with E-state index in [1.54, 1.807) is 24.3 Å². The van der Waals surface area contributed by atoms with E-state index in [0.717, 1.165) is 10.0 Å². The van der Waals surface area contributed by atoms with Crippen LogP contribution < -0.4 is 20.9 Å². The number of thiocarbonyl (C=S) groups is 1. The van der Waals surface area contributed by atoms with Crippen molar-refractivity contribution in [3.63, 3.8) is 0 Å². The van der Waals surface area contributed by atoms with Crippen LogP contribution in [0.4, 0.5) is 0 Å². The highest BCUT2D eigenvalue weighted by molar-refractivity contribution is 9.10. The molecule has 0 heterocycles. The second-order valence-corrected chi connectivity index (χ2v) is 6.93. The molecule has 0 fully saturated rings. The number of benzene rings is 2. The van der Waals surface area contributed by atoms with E-state index >= 15 is 0 Å². The highest BCUT2D eigenvalue weighted by Crippen LogP contribution is 2.21. The van der Waals surface area contributed by atoms with Crippen LogP contribution in [-0.2, 0) is 4.79 Å². The zero-order chi connectivity index (χ0) is 19.1. The maximum Gasteiger partial charge on any atom is 0.276 e. The van der Waals surface area contributed by atoms with E-state index in [2.05, 4.69) is 32.1 Å². The molecule has 3 N–H and O–H groups in total. The molecule has 0 radical (unpaired) electrons. The van der Waals surface area contributed by atoms with Crippen LogP contribution in [0.15, 0.2) is 46.9 Å². The van der Waals surface area contributed by atoms with Gasteiger partial charge in [-0.1, -0.05) is 33.6 Å². The topological polar surface area (TPSA) is 79.5 Å². The van der Waals surface area contributed by atoms with Gasteiger partial charge in [-0.3, -0.25) is 25.8 Å². The third-order valence-corrected chi connectivity index (χ3v) is 4.06. The van der Waals surface area contributed by atoms with Crippen molar-refractivity contribution in [1.82, 2.24) is 16.2 Å². The number of hydrogen-bond acceptors (Lipinski definition) is 4. The Morgan fingerprint density at radius 1 is 1.19 bits per heavy atom. The van der Waals surface area contributed by atoms with Gasteiger partial charge in [0.1, 0.15) is 5.75 Å². The third-order valence-electron chi connectivity index (χ3n) is 3.13. The summed E-state index contributed by atoms with van der Waals surface area (Å²) in [6.07, 6.45) is 0. The van der Waals surface area contributed by atoms with Crippen LogP contribution in [-0.4, -0.2) is 23.5 Å². The summed E-state index contributed by atoms with van der Waals surface area (Å²) < 4.78 is 6.36. The van der Waals surface area contributed by atoms with Gasteiger partial charge >= 0.3 is 0 Å². The molecule has 9 heteroatoms. The summed E-state index contributed by atoms with van der Waals surface area (Å²) in [5, 5.41) is 2.81. The highest BCUT2D eigenvalue weighted by Gasteiger charge is 2.09. The quantitative estimate of drug-likeness (QED) is 0.487. The molecule has 2 aromatic rings. The summed E-state index contributed by atoms with van der Waals surface area (Å²) >= 11 is 14.1. The smallest absolute Gasteiger partial charge is 0.276 e. The Labute approximate surface area is 169 Å². The third kappa shape index (κ3) is 6.29. The van der Waals surface area contributed by atoms with E-state index in [-0.39, 0.29) is 11.7 Å². The zero-order valence-corrected chi connectivity index (χ0v) is 16.8. The fourth-order valence-electron chi connectivity index (χ4n) is 1.92. The summed E-state index contributed by atoms with van der Waals surface area (Å²) in [7, 11) is 0. The van der Waals surface area contributed by atoms with Crippen LogP contribution in [0.5, 0.6) is 5.75 Å². The Morgan fingerprint density at radius 2 is 1.96 bits per heavy atom. The number of carbonyl (C=O) groups excluding carboxylic acids is 2. The van der Waals surface area contributed by atoms with Crippen LogP contribution in [0.25, 0.3) is 0 Å². The summed E-state index contributed by atoms with van der Waals surface area (Å²) in [6, 6.07) is 11.9. The predicted octanol–water partition coefficient (Wildman–Crippen LogP) is 3.13. The number of rotatable bonds is 4. The number of ether oxygens (including phenoxy) is 1. The Hall–Kier alpha value is -2.16. The van der Waals surface area contributed by atoms with Crippen LogP contribution >= 0.6 is 39.7 Å². The number of amides is 2.